The van der Waals surface area contributed by atoms with Gasteiger partial charge in [0.2, 0.25) is 5.91 Å². The van der Waals surface area contributed by atoms with E-state index in [1.807, 2.05) is 30.0 Å². The van der Waals surface area contributed by atoms with Crippen molar-refractivity contribution in [2.45, 2.75) is 31.6 Å². The Bertz CT molecular complexity index is 755. The summed E-state index contributed by atoms with van der Waals surface area (Å²) in [6.45, 7) is 4.23. The topological polar surface area (TPSA) is 50.1 Å². The van der Waals surface area contributed by atoms with Gasteiger partial charge in [0.25, 0.3) is 0 Å². The van der Waals surface area contributed by atoms with Gasteiger partial charge in [-0.2, -0.15) is 0 Å². The van der Waals surface area contributed by atoms with Crippen LogP contribution in [0.1, 0.15) is 31.9 Å². The minimum Gasteiger partial charge on any atom is -0.384 e. The number of rotatable bonds is 5. The molecule has 2 aromatic rings. The average molecular weight is 344 g/mol. The smallest absolute Gasteiger partial charge is 0.224 e. The van der Waals surface area contributed by atoms with E-state index in [-0.39, 0.29) is 11.3 Å². The van der Waals surface area contributed by atoms with Crippen molar-refractivity contribution in [2.75, 3.05) is 45.8 Å². The Hall–Kier alpha value is -2.08. The summed E-state index contributed by atoms with van der Waals surface area (Å²) in [7, 11) is 5.67. The highest BCUT2D eigenvalue weighted by Crippen LogP contribution is 2.34. The van der Waals surface area contributed by atoms with Crippen molar-refractivity contribution in [3.05, 3.63) is 30.2 Å². The molecule has 3 heterocycles. The summed E-state index contributed by atoms with van der Waals surface area (Å²) < 4.78 is 7.19. The van der Waals surface area contributed by atoms with E-state index in [4.69, 9.17) is 9.72 Å². The van der Waals surface area contributed by atoms with Crippen LogP contribution in [-0.2, 0) is 14.9 Å². The third-order valence-electron chi connectivity index (χ3n) is 5.11. The zero-order valence-electron chi connectivity index (χ0n) is 15.7. The van der Waals surface area contributed by atoms with Gasteiger partial charge in [-0.25, -0.2) is 4.98 Å². The fraction of sp³-hybridized carbons (Fsp3) is 0.579. The molecule has 1 unspecified atom stereocenters. The number of likely N-dealkylation sites (tertiary alicyclic amines) is 1. The van der Waals surface area contributed by atoms with E-state index in [9.17, 15) is 4.79 Å². The molecular weight excluding hydrogens is 316 g/mol. The number of amides is 1. The molecule has 0 aromatic carbocycles. The van der Waals surface area contributed by atoms with Crippen molar-refractivity contribution < 1.29 is 9.53 Å². The molecule has 1 aliphatic rings. The third-order valence-corrected chi connectivity index (χ3v) is 5.11. The molecule has 3 rings (SSSR count). The first-order valence-electron chi connectivity index (χ1n) is 8.87. The number of carbonyl (C=O) groups excluding carboxylic acids is 1. The fourth-order valence-electron chi connectivity index (χ4n) is 3.66. The number of ether oxygens (including phenoxy) is 1. The van der Waals surface area contributed by atoms with Crippen molar-refractivity contribution in [2.24, 2.45) is 0 Å². The summed E-state index contributed by atoms with van der Waals surface area (Å²) in [6.07, 6.45) is 6.65. The average Bonchev–Trinajstić information content (AvgIpc) is 3.07. The van der Waals surface area contributed by atoms with Gasteiger partial charge in [-0.15, -0.1) is 0 Å². The first-order valence-corrected chi connectivity index (χ1v) is 8.87. The van der Waals surface area contributed by atoms with Crippen molar-refractivity contribution in [1.82, 2.24) is 14.3 Å². The predicted octanol–water partition coefficient (Wildman–Crippen LogP) is 2.32. The number of aromatic nitrogens is 2. The van der Waals surface area contributed by atoms with E-state index in [1.165, 1.54) is 0 Å². The molecule has 6 heteroatoms. The van der Waals surface area contributed by atoms with Gasteiger partial charge in [0.05, 0.1) is 24.2 Å². The van der Waals surface area contributed by atoms with Crippen LogP contribution in [-0.4, -0.2) is 61.1 Å². The van der Waals surface area contributed by atoms with Gasteiger partial charge >= 0.3 is 0 Å². The number of carbonyl (C=O) groups is 1. The van der Waals surface area contributed by atoms with E-state index in [0.29, 0.717) is 19.6 Å². The lowest BCUT2D eigenvalue weighted by Crippen LogP contribution is -2.47. The number of nitrogens with zero attached hydrogens (tertiary/aromatic N) is 4. The highest BCUT2D eigenvalue weighted by Gasteiger charge is 2.36. The van der Waals surface area contributed by atoms with Crippen LogP contribution < -0.4 is 4.90 Å². The van der Waals surface area contributed by atoms with E-state index in [2.05, 4.69) is 29.8 Å². The third kappa shape index (κ3) is 3.49. The normalized spacial score (nSPS) is 20.9. The Morgan fingerprint density at radius 3 is 2.96 bits per heavy atom. The van der Waals surface area contributed by atoms with Gasteiger partial charge in [-0.05, 0) is 25.0 Å². The van der Waals surface area contributed by atoms with Crippen molar-refractivity contribution in [3.8, 4) is 0 Å². The van der Waals surface area contributed by atoms with Gasteiger partial charge in [-0.3, -0.25) is 4.79 Å². The zero-order chi connectivity index (χ0) is 18.0. The zero-order valence-corrected chi connectivity index (χ0v) is 15.7. The minimum atomic E-state index is -0.135. The largest absolute Gasteiger partial charge is 0.384 e. The van der Waals surface area contributed by atoms with Crippen LogP contribution in [0.3, 0.4) is 0 Å². The van der Waals surface area contributed by atoms with Crippen LogP contribution in [0.2, 0.25) is 0 Å². The lowest BCUT2D eigenvalue weighted by Gasteiger charge is -2.40. The van der Waals surface area contributed by atoms with Gasteiger partial charge in [0.1, 0.15) is 0 Å². The molecule has 1 aliphatic heterocycles. The number of hydrogen-bond acceptors (Lipinski definition) is 4. The molecule has 0 spiro atoms. The molecular formula is C19H28N4O2. The number of piperidine rings is 1. The van der Waals surface area contributed by atoms with Gasteiger partial charge in [0, 0.05) is 52.1 Å². The highest BCUT2D eigenvalue weighted by atomic mass is 16.5. The maximum atomic E-state index is 12.4. The first kappa shape index (κ1) is 17.7. The lowest BCUT2D eigenvalue weighted by atomic mass is 9.79. The van der Waals surface area contributed by atoms with E-state index < -0.39 is 0 Å². The minimum absolute atomic E-state index is 0.135. The molecule has 6 nitrogen and oxygen atoms in total. The quantitative estimate of drug-likeness (QED) is 0.835. The second kappa shape index (κ2) is 7.04. The molecule has 136 valence electrons. The van der Waals surface area contributed by atoms with Crippen LogP contribution in [0.5, 0.6) is 0 Å². The molecule has 25 heavy (non-hydrogen) atoms. The Labute approximate surface area is 149 Å². The molecule has 1 amide bonds. The maximum absolute atomic E-state index is 12.4. The van der Waals surface area contributed by atoms with Gasteiger partial charge < -0.3 is 18.9 Å². The summed E-state index contributed by atoms with van der Waals surface area (Å²) in [6, 6.07) is 4.12. The number of hydrogen-bond donors (Lipinski definition) is 0. The second-order valence-electron chi connectivity index (χ2n) is 7.37. The van der Waals surface area contributed by atoms with E-state index in [0.717, 1.165) is 36.4 Å². The van der Waals surface area contributed by atoms with Crippen LogP contribution in [0.15, 0.2) is 24.5 Å². The molecule has 1 saturated heterocycles. The molecule has 1 atom stereocenters. The first-order chi connectivity index (χ1) is 11.9. The van der Waals surface area contributed by atoms with E-state index >= 15 is 0 Å². The van der Waals surface area contributed by atoms with Crippen molar-refractivity contribution >= 4 is 17.2 Å². The monoisotopic (exact) mass is 344 g/mol. The lowest BCUT2D eigenvalue weighted by molar-refractivity contribution is -0.134. The van der Waals surface area contributed by atoms with Crippen molar-refractivity contribution in [3.63, 3.8) is 0 Å². The summed E-state index contributed by atoms with van der Waals surface area (Å²) in [4.78, 5) is 21.4. The summed E-state index contributed by atoms with van der Waals surface area (Å²) in [5.74, 6) is 1.13. The summed E-state index contributed by atoms with van der Waals surface area (Å²) in [5.41, 5.74) is 2.01. The number of methoxy groups -OCH3 is 1. The molecule has 0 saturated carbocycles. The maximum Gasteiger partial charge on any atom is 0.224 e. The summed E-state index contributed by atoms with van der Waals surface area (Å²) >= 11 is 0. The summed E-state index contributed by atoms with van der Waals surface area (Å²) in [5, 5.41) is 0. The number of fused-ring (bicyclic) bond motifs is 1. The Balaban J connectivity index is 1.91. The molecule has 2 aromatic heterocycles. The molecule has 0 aliphatic carbocycles. The van der Waals surface area contributed by atoms with Gasteiger partial charge in [-0.1, -0.05) is 6.92 Å². The Morgan fingerprint density at radius 2 is 2.24 bits per heavy atom. The Morgan fingerprint density at radius 1 is 1.44 bits per heavy atom. The highest BCUT2D eigenvalue weighted by molar-refractivity contribution is 5.76. The number of anilines is 1. The van der Waals surface area contributed by atoms with E-state index in [1.54, 1.807) is 7.11 Å². The molecule has 1 fully saturated rings. The van der Waals surface area contributed by atoms with Crippen molar-refractivity contribution in [1.29, 1.82) is 0 Å². The second-order valence-corrected chi connectivity index (χ2v) is 7.37. The van der Waals surface area contributed by atoms with Gasteiger partial charge in [0.15, 0.2) is 5.82 Å². The predicted molar refractivity (Wildman–Crippen MR) is 99.2 cm³/mol. The molecule has 0 radical (unpaired) electrons. The SMILES string of the molecule is COCCC(=O)N1CCCC(C)(c2cn3cccc3c(N(C)C)n2)C1. The van der Waals surface area contributed by atoms with Crippen LogP contribution >= 0.6 is 0 Å². The van der Waals surface area contributed by atoms with Crippen LogP contribution in [0.4, 0.5) is 5.82 Å². The molecule has 0 bridgehead atoms. The van der Waals surface area contributed by atoms with Crippen LogP contribution in [0.25, 0.3) is 5.52 Å². The fourth-order valence-corrected chi connectivity index (χ4v) is 3.66. The molecule has 0 N–H and O–H groups in total. The Kier molecular flexibility index (Phi) is 4.99. The standard InChI is InChI=1S/C19H28N4O2/c1-19(9-6-11-23(14-19)17(24)8-12-25-4)16-13-22-10-5-7-15(22)18(20-16)21(2)3/h5,7,10,13H,6,8-9,11-12,14H2,1-4H3. The van der Waals surface area contributed by atoms with Crippen LogP contribution in [0, 0.1) is 0 Å².